The van der Waals surface area contributed by atoms with Gasteiger partial charge in [0.25, 0.3) is 0 Å². The van der Waals surface area contributed by atoms with Gasteiger partial charge >= 0.3 is 0 Å². The van der Waals surface area contributed by atoms with E-state index in [1.807, 2.05) is 13.8 Å². The lowest BCUT2D eigenvalue weighted by Crippen LogP contribution is -2.30. The van der Waals surface area contributed by atoms with Gasteiger partial charge in [-0.25, -0.2) is 15.0 Å². The van der Waals surface area contributed by atoms with E-state index in [-0.39, 0.29) is 5.88 Å². The fourth-order valence-electron chi connectivity index (χ4n) is 2.58. The Morgan fingerprint density at radius 2 is 1.81 bits per heavy atom. The van der Waals surface area contributed by atoms with E-state index in [4.69, 9.17) is 16.3 Å². The lowest BCUT2D eigenvalue weighted by Gasteiger charge is -2.26. The summed E-state index contributed by atoms with van der Waals surface area (Å²) in [5.41, 5.74) is 1.96. The van der Waals surface area contributed by atoms with Crippen molar-refractivity contribution >= 4 is 17.5 Å². The standard InChI is InChI=1S/C19H17ClN6O/c1-19(2,16-15(20)5-4-6-22-16)26-18-24-10-14(11-25-18)13-7-12(8-21)17(27-3)23-9-13/h4-7,9-11H,1-3H3,(H,24,25,26). The summed E-state index contributed by atoms with van der Waals surface area (Å²) < 4.78 is 5.06. The number of rotatable bonds is 5. The van der Waals surface area contributed by atoms with Crippen molar-refractivity contribution in [2.75, 3.05) is 12.4 Å². The highest BCUT2D eigenvalue weighted by molar-refractivity contribution is 6.31. The summed E-state index contributed by atoms with van der Waals surface area (Å²) in [5, 5.41) is 13.0. The monoisotopic (exact) mass is 380 g/mol. The van der Waals surface area contributed by atoms with Gasteiger partial charge in [0, 0.05) is 35.9 Å². The number of methoxy groups -OCH3 is 1. The smallest absolute Gasteiger partial charge is 0.231 e. The van der Waals surface area contributed by atoms with E-state index in [0.29, 0.717) is 22.2 Å². The van der Waals surface area contributed by atoms with Gasteiger partial charge in [0.1, 0.15) is 11.6 Å². The van der Waals surface area contributed by atoms with Gasteiger partial charge in [0.2, 0.25) is 11.8 Å². The van der Waals surface area contributed by atoms with Crippen LogP contribution in [0, 0.1) is 11.3 Å². The number of nitriles is 1. The fourth-order valence-corrected chi connectivity index (χ4v) is 2.94. The first-order chi connectivity index (χ1) is 12.9. The maximum Gasteiger partial charge on any atom is 0.231 e. The molecule has 0 saturated heterocycles. The largest absolute Gasteiger partial charge is 0.480 e. The summed E-state index contributed by atoms with van der Waals surface area (Å²) in [7, 11) is 1.47. The van der Waals surface area contributed by atoms with Crippen molar-refractivity contribution in [2.24, 2.45) is 0 Å². The molecule has 3 rings (SSSR count). The summed E-state index contributed by atoms with van der Waals surface area (Å²) >= 11 is 6.25. The van der Waals surface area contributed by atoms with Crippen LogP contribution in [0.25, 0.3) is 11.1 Å². The molecular weight excluding hydrogens is 364 g/mol. The second kappa shape index (κ2) is 7.56. The first-order valence-electron chi connectivity index (χ1n) is 8.10. The predicted octanol–water partition coefficient (Wildman–Crippen LogP) is 3.81. The number of nitrogens with zero attached hydrogens (tertiary/aromatic N) is 5. The zero-order valence-electron chi connectivity index (χ0n) is 15.1. The number of ether oxygens (including phenoxy) is 1. The maximum atomic E-state index is 9.20. The van der Waals surface area contributed by atoms with Crippen molar-refractivity contribution in [2.45, 2.75) is 19.4 Å². The van der Waals surface area contributed by atoms with Crippen molar-refractivity contribution in [1.82, 2.24) is 19.9 Å². The van der Waals surface area contributed by atoms with Gasteiger partial charge in [-0.3, -0.25) is 4.98 Å². The summed E-state index contributed by atoms with van der Waals surface area (Å²) in [4.78, 5) is 17.2. The van der Waals surface area contributed by atoms with Crippen LogP contribution in [0.15, 0.2) is 43.0 Å². The minimum absolute atomic E-state index is 0.287. The molecule has 0 aromatic carbocycles. The van der Waals surface area contributed by atoms with Gasteiger partial charge < -0.3 is 10.1 Å². The molecule has 0 spiro atoms. The van der Waals surface area contributed by atoms with Crippen LogP contribution in [-0.2, 0) is 5.54 Å². The van der Waals surface area contributed by atoms with Crippen LogP contribution in [0.4, 0.5) is 5.95 Å². The van der Waals surface area contributed by atoms with Crippen molar-refractivity contribution in [3.8, 4) is 23.1 Å². The molecule has 3 heterocycles. The van der Waals surface area contributed by atoms with Crippen LogP contribution >= 0.6 is 11.6 Å². The molecule has 1 N–H and O–H groups in total. The number of nitrogens with one attached hydrogen (secondary N) is 1. The number of halogens is 1. The average Bonchev–Trinajstić information content (AvgIpc) is 2.68. The van der Waals surface area contributed by atoms with Gasteiger partial charge in [-0.05, 0) is 32.0 Å². The predicted molar refractivity (Wildman–Crippen MR) is 102 cm³/mol. The quantitative estimate of drug-likeness (QED) is 0.718. The second-order valence-electron chi connectivity index (χ2n) is 6.27. The molecule has 0 radical (unpaired) electrons. The minimum Gasteiger partial charge on any atom is -0.480 e. The van der Waals surface area contributed by atoms with Crippen LogP contribution in [0.5, 0.6) is 5.88 Å². The molecule has 0 unspecified atom stereocenters. The molecular formula is C19H17ClN6O. The van der Waals surface area contributed by atoms with Crippen LogP contribution in [0.1, 0.15) is 25.1 Å². The molecule has 0 aliphatic carbocycles. The van der Waals surface area contributed by atoms with Crippen LogP contribution in [0.3, 0.4) is 0 Å². The second-order valence-corrected chi connectivity index (χ2v) is 6.68. The molecule has 0 amide bonds. The molecule has 0 fully saturated rings. The Hall–Kier alpha value is -3.24. The summed E-state index contributed by atoms with van der Waals surface area (Å²) in [6.07, 6.45) is 6.63. The molecule has 0 bridgehead atoms. The zero-order chi connectivity index (χ0) is 19.4. The fraction of sp³-hybridized carbons (Fsp3) is 0.211. The molecule has 3 aromatic heterocycles. The van der Waals surface area contributed by atoms with Gasteiger partial charge in [0.05, 0.1) is 23.4 Å². The topological polar surface area (TPSA) is 96.6 Å². The number of pyridine rings is 2. The summed E-state index contributed by atoms with van der Waals surface area (Å²) in [6.45, 7) is 3.90. The van der Waals surface area contributed by atoms with E-state index in [2.05, 4.69) is 31.3 Å². The van der Waals surface area contributed by atoms with E-state index < -0.39 is 5.54 Å². The molecule has 0 saturated carbocycles. The lowest BCUT2D eigenvalue weighted by molar-refractivity contribution is 0.396. The molecule has 0 atom stereocenters. The van der Waals surface area contributed by atoms with E-state index in [1.165, 1.54) is 7.11 Å². The van der Waals surface area contributed by atoms with Crippen molar-refractivity contribution in [3.05, 3.63) is 59.3 Å². The SMILES string of the molecule is COc1ncc(-c2cnc(NC(C)(C)c3ncccc3Cl)nc2)cc1C#N. The van der Waals surface area contributed by atoms with Crippen LogP contribution in [-0.4, -0.2) is 27.0 Å². The minimum atomic E-state index is -0.560. The van der Waals surface area contributed by atoms with E-state index in [1.54, 1.807) is 43.0 Å². The van der Waals surface area contributed by atoms with Gasteiger partial charge in [-0.1, -0.05) is 11.6 Å². The highest BCUT2D eigenvalue weighted by atomic mass is 35.5. The Kier molecular flexibility index (Phi) is 5.19. The molecule has 27 heavy (non-hydrogen) atoms. The first kappa shape index (κ1) is 18.5. The van der Waals surface area contributed by atoms with Crippen LogP contribution in [0.2, 0.25) is 5.02 Å². The zero-order valence-corrected chi connectivity index (χ0v) is 15.8. The van der Waals surface area contributed by atoms with Gasteiger partial charge in [-0.2, -0.15) is 5.26 Å². The Morgan fingerprint density at radius 1 is 1.11 bits per heavy atom. The molecule has 3 aromatic rings. The Balaban J connectivity index is 1.84. The Bertz CT molecular complexity index is 998. The highest BCUT2D eigenvalue weighted by Crippen LogP contribution is 2.28. The van der Waals surface area contributed by atoms with Crippen molar-refractivity contribution in [3.63, 3.8) is 0 Å². The number of hydrogen-bond acceptors (Lipinski definition) is 7. The molecule has 0 aliphatic rings. The van der Waals surface area contributed by atoms with Gasteiger partial charge in [0.15, 0.2) is 0 Å². The third-order valence-corrected chi connectivity index (χ3v) is 4.23. The third-order valence-electron chi connectivity index (χ3n) is 3.92. The first-order valence-corrected chi connectivity index (χ1v) is 8.48. The van der Waals surface area contributed by atoms with E-state index >= 15 is 0 Å². The van der Waals surface area contributed by atoms with Crippen LogP contribution < -0.4 is 10.1 Å². The summed E-state index contributed by atoms with van der Waals surface area (Å²) in [6, 6.07) is 7.33. The summed E-state index contributed by atoms with van der Waals surface area (Å²) in [5.74, 6) is 0.724. The molecule has 136 valence electrons. The highest BCUT2D eigenvalue weighted by Gasteiger charge is 2.25. The van der Waals surface area contributed by atoms with Gasteiger partial charge in [-0.15, -0.1) is 0 Å². The molecule has 8 heteroatoms. The van der Waals surface area contributed by atoms with Crippen molar-refractivity contribution in [1.29, 1.82) is 5.26 Å². The third kappa shape index (κ3) is 3.96. The Labute approximate surface area is 162 Å². The van der Waals surface area contributed by atoms with E-state index in [0.717, 1.165) is 11.1 Å². The number of hydrogen-bond donors (Lipinski definition) is 1. The normalized spacial score (nSPS) is 10.9. The average molecular weight is 381 g/mol. The number of anilines is 1. The lowest BCUT2D eigenvalue weighted by atomic mass is 10.00. The number of aromatic nitrogens is 4. The maximum absolute atomic E-state index is 9.20. The Morgan fingerprint density at radius 3 is 2.44 bits per heavy atom. The molecule has 0 aliphatic heterocycles. The van der Waals surface area contributed by atoms with E-state index in [9.17, 15) is 5.26 Å². The van der Waals surface area contributed by atoms with Crippen molar-refractivity contribution < 1.29 is 4.74 Å². The molecule has 7 nitrogen and oxygen atoms in total.